The summed E-state index contributed by atoms with van der Waals surface area (Å²) in [6, 6.07) is 0.761. The Morgan fingerprint density at radius 3 is 2.48 bits per heavy atom. The Labute approximate surface area is 126 Å². The zero-order chi connectivity index (χ0) is 15.9. The Kier molecular flexibility index (Phi) is 8.03. The highest BCUT2D eigenvalue weighted by Crippen LogP contribution is 2.25. The van der Waals surface area contributed by atoms with Gasteiger partial charge in [0.05, 0.1) is 6.10 Å². The van der Waals surface area contributed by atoms with E-state index in [0.29, 0.717) is 24.4 Å². The second kappa shape index (κ2) is 8.99. The van der Waals surface area contributed by atoms with Gasteiger partial charge in [-0.1, -0.05) is 27.2 Å². The lowest BCUT2D eigenvalue weighted by Crippen LogP contribution is -2.43. The normalized spacial score (nSPS) is 26.6. The van der Waals surface area contributed by atoms with E-state index in [2.05, 4.69) is 26.1 Å². The highest BCUT2D eigenvalue weighted by molar-refractivity contribution is 4.82. The molecule has 0 aromatic rings. The number of ether oxygens (including phenoxy) is 1. The zero-order valence-corrected chi connectivity index (χ0v) is 13.5. The minimum atomic E-state index is -4.22. The van der Waals surface area contributed by atoms with Crippen molar-refractivity contribution in [3.8, 4) is 0 Å². The standard InChI is InChI=1S/C16H30F3NO/c1-4-12(3)9-13(5-2)20-14-7-6-8-15(10-14)21-11-16(17,18)19/h12-15,20H,4-11H2,1-3H3. The molecule has 4 atom stereocenters. The van der Waals surface area contributed by atoms with Crippen LogP contribution in [0.1, 0.15) is 65.7 Å². The largest absolute Gasteiger partial charge is 0.411 e. The van der Waals surface area contributed by atoms with Crippen LogP contribution in [0.25, 0.3) is 0 Å². The van der Waals surface area contributed by atoms with Gasteiger partial charge in [0.1, 0.15) is 6.61 Å². The van der Waals surface area contributed by atoms with Crippen LogP contribution >= 0.6 is 0 Å². The van der Waals surface area contributed by atoms with E-state index in [1.165, 1.54) is 6.42 Å². The number of alkyl halides is 3. The summed E-state index contributed by atoms with van der Waals surface area (Å²) in [6.45, 7) is 5.49. The predicted octanol–water partition coefficient (Wildman–Crippen LogP) is 4.68. The molecule has 0 aliphatic heterocycles. The lowest BCUT2D eigenvalue weighted by molar-refractivity contribution is -0.188. The van der Waals surface area contributed by atoms with Gasteiger partial charge in [0.2, 0.25) is 0 Å². The quantitative estimate of drug-likeness (QED) is 0.703. The van der Waals surface area contributed by atoms with Gasteiger partial charge in [-0.05, 0) is 44.4 Å². The fraction of sp³-hybridized carbons (Fsp3) is 1.00. The number of rotatable bonds is 8. The molecule has 2 nitrogen and oxygen atoms in total. The van der Waals surface area contributed by atoms with E-state index in [1.54, 1.807) is 0 Å². The molecule has 0 amide bonds. The van der Waals surface area contributed by atoms with Crippen molar-refractivity contribution in [1.29, 1.82) is 0 Å². The molecule has 4 unspecified atom stereocenters. The van der Waals surface area contributed by atoms with E-state index >= 15 is 0 Å². The highest BCUT2D eigenvalue weighted by atomic mass is 19.4. The van der Waals surface area contributed by atoms with Crippen molar-refractivity contribution in [2.24, 2.45) is 5.92 Å². The maximum atomic E-state index is 12.2. The monoisotopic (exact) mass is 309 g/mol. The average Bonchev–Trinajstić information content (AvgIpc) is 2.44. The van der Waals surface area contributed by atoms with Gasteiger partial charge >= 0.3 is 6.18 Å². The molecule has 1 aliphatic carbocycles. The Morgan fingerprint density at radius 2 is 1.90 bits per heavy atom. The first kappa shape index (κ1) is 18.8. The lowest BCUT2D eigenvalue weighted by atomic mass is 9.90. The number of hydrogen-bond acceptors (Lipinski definition) is 2. The predicted molar refractivity (Wildman–Crippen MR) is 79.3 cm³/mol. The molecule has 21 heavy (non-hydrogen) atoms. The Morgan fingerprint density at radius 1 is 1.19 bits per heavy atom. The first-order valence-corrected chi connectivity index (χ1v) is 8.28. The van der Waals surface area contributed by atoms with Gasteiger partial charge in [0.25, 0.3) is 0 Å². The van der Waals surface area contributed by atoms with E-state index in [4.69, 9.17) is 4.74 Å². The van der Waals surface area contributed by atoms with Crippen LogP contribution in [0.3, 0.4) is 0 Å². The molecule has 0 heterocycles. The molecule has 1 rings (SSSR count). The summed E-state index contributed by atoms with van der Waals surface area (Å²) < 4.78 is 41.7. The van der Waals surface area contributed by atoms with Gasteiger partial charge in [-0.3, -0.25) is 0 Å². The second-order valence-electron chi connectivity index (χ2n) is 6.43. The van der Waals surface area contributed by atoms with Gasteiger partial charge in [-0.2, -0.15) is 13.2 Å². The van der Waals surface area contributed by atoms with E-state index in [0.717, 1.165) is 32.1 Å². The molecule has 5 heteroatoms. The fourth-order valence-corrected chi connectivity index (χ4v) is 3.00. The molecule has 0 aromatic heterocycles. The number of halogens is 3. The molecule has 0 saturated heterocycles. The van der Waals surface area contributed by atoms with E-state index in [1.807, 2.05) is 0 Å². The fourth-order valence-electron chi connectivity index (χ4n) is 3.00. The van der Waals surface area contributed by atoms with Crippen LogP contribution in [0, 0.1) is 5.92 Å². The first-order valence-electron chi connectivity index (χ1n) is 8.28. The third-order valence-corrected chi connectivity index (χ3v) is 4.46. The van der Waals surface area contributed by atoms with Crippen LogP contribution in [0.4, 0.5) is 13.2 Å². The third kappa shape index (κ3) is 8.05. The van der Waals surface area contributed by atoms with Crippen molar-refractivity contribution >= 4 is 0 Å². The van der Waals surface area contributed by atoms with Crippen LogP contribution in [0.5, 0.6) is 0 Å². The van der Waals surface area contributed by atoms with E-state index in [9.17, 15) is 13.2 Å². The average molecular weight is 309 g/mol. The van der Waals surface area contributed by atoms with Crippen molar-refractivity contribution in [2.45, 2.75) is 90.1 Å². The van der Waals surface area contributed by atoms with Gasteiger partial charge in [-0.15, -0.1) is 0 Å². The van der Waals surface area contributed by atoms with Crippen LogP contribution in [-0.2, 0) is 4.74 Å². The first-order chi connectivity index (χ1) is 9.84. The third-order valence-electron chi connectivity index (χ3n) is 4.46. The molecule has 0 radical (unpaired) electrons. The van der Waals surface area contributed by atoms with Crippen molar-refractivity contribution in [2.75, 3.05) is 6.61 Å². The molecule has 1 saturated carbocycles. The van der Waals surface area contributed by atoms with Crippen molar-refractivity contribution in [3.63, 3.8) is 0 Å². The van der Waals surface area contributed by atoms with Gasteiger partial charge < -0.3 is 10.1 Å². The number of nitrogens with one attached hydrogen (secondary N) is 1. The topological polar surface area (TPSA) is 21.3 Å². The van der Waals surface area contributed by atoms with Crippen LogP contribution in [-0.4, -0.2) is 31.0 Å². The van der Waals surface area contributed by atoms with Crippen molar-refractivity contribution < 1.29 is 17.9 Å². The van der Waals surface area contributed by atoms with E-state index < -0.39 is 12.8 Å². The molecule has 0 bridgehead atoms. The van der Waals surface area contributed by atoms with E-state index in [-0.39, 0.29) is 6.10 Å². The lowest BCUT2D eigenvalue weighted by Gasteiger charge is -2.33. The van der Waals surface area contributed by atoms with Gasteiger partial charge in [-0.25, -0.2) is 0 Å². The molecule has 1 aliphatic rings. The molecular formula is C16H30F3NO. The molecule has 0 aromatic carbocycles. The SMILES string of the molecule is CCC(C)CC(CC)NC1CCCC(OCC(F)(F)F)C1. The highest BCUT2D eigenvalue weighted by Gasteiger charge is 2.31. The smallest absolute Gasteiger partial charge is 0.369 e. The summed E-state index contributed by atoms with van der Waals surface area (Å²) in [6.07, 6.45) is 2.33. The summed E-state index contributed by atoms with van der Waals surface area (Å²) >= 11 is 0. The van der Waals surface area contributed by atoms with Crippen molar-refractivity contribution in [1.82, 2.24) is 5.32 Å². The number of hydrogen-bond donors (Lipinski definition) is 1. The Hall–Kier alpha value is -0.290. The minimum Gasteiger partial charge on any atom is -0.369 e. The van der Waals surface area contributed by atoms with Crippen LogP contribution in [0.2, 0.25) is 0 Å². The summed E-state index contributed by atoms with van der Waals surface area (Å²) in [4.78, 5) is 0. The zero-order valence-electron chi connectivity index (χ0n) is 13.5. The summed E-state index contributed by atoms with van der Waals surface area (Å²) in [7, 11) is 0. The Balaban J connectivity index is 2.37. The molecule has 1 fully saturated rings. The molecule has 126 valence electrons. The minimum absolute atomic E-state index is 0.251. The maximum Gasteiger partial charge on any atom is 0.411 e. The van der Waals surface area contributed by atoms with Crippen LogP contribution < -0.4 is 5.32 Å². The summed E-state index contributed by atoms with van der Waals surface area (Å²) in [5.41, 5.74) is 0. The van der Waals surface area contributed by atoms with Crippen molar-refractivity contribution in [3.05, 3.63) is 0 Å². The van der Waals surface area contributed by atoms with Gasteiger partial charge in [0, 0.05) is 12.1 Å². The second-order valence-corrected chi connectivity index (χ2v) is 6.43. The van der Waals surface area contributed by atoms with Gasteiger partial charge in [0.15, 0.2) is 0 Å². The summed E-state index contributed by atoms with van der Waals surface area (Å²) in [5.74, 6) is 0.684. The maximum absolute atomic E-state index is 12.2. The summed E-state index contributed by atoms with van der Waals surface area (Å²) in [5, 5.41) is 3.64. The molecular weight excluding hydrogens is 279 g/mol. The molecule has 1 N–H and O–H groups in total. The molecule has 0 spiro atoms. The Bertz CT molecular complexity index is 283. The van der Waals surface area contributed by atoms with Crippen LogP contribution in [0.15, 0.2) is 0 Å².